The number of nitrogens with one attached hydrogen (secondary N) is 1. The summed E-state index contributed by atoms with van der Waals surface area (Å²) in [5.41, 5.74) is 1.33. The zero-order valence-corrected chi connectivity index (χ0v) is 17.7. The van der Waals surface area contributed by atoms with Gasteiger partial charge < -0.3 is 15.0 Å². The molecule has 2 aromatic carbocycles. The summed E-state index contributed by atoms with van der Waals surface area (Å²) in [5.74, 6) is -0.0769. The third-order valence-electron chi connectivity index (χ3n) is 6.43. The standard InChI is InChI=1S/C25H29FN2O3/c26-22-8-4-7-20(13-22)15-25(9-11-31-12-10-25)24(30)27-16-21-14-23(29)28(18-21)17-19-5-2-1-3-6-19/h1-8,13,21H,9-12,14-18H2,(H,27,30). The van der Waals surface area contributed by atoms with Gasteiger partial charge in [0, 0.05) is 45.2 Å². The van der Waals surface area contributed by atoms with E-state index in [-0.39, 0.29) is 23.5 Å². The highest BCUT2D eigenvalue weighted by molar-refractivity contribution is 5.83. The van der Waals surface area contributed by atoms with Gasteiger partial charge in [0.25, 0.3) is 0 Å². The lowest BCUT2D eigenvalue weighted by Crippen LogP contribution is -2.47. The Kier molecular flexibility index (Phi) is 6.66. The molecule has 2 saturated heterocycles. The van der Waals surface area contributed by atoms with E-state index in [4.69, 9.17) is 4.74 Å². The fraction of sp³-hybridized carbons (Fsp3) is 0.440. The number of amides is 2. The predicted octanol–water partition coefficient (Wildman–Crippen LogP) is 3.33. The summed E-state index contributed by atoms with van der Waals surface area (Å²) in [4.78, 5) is 27.6. The van der Waals surface area contributed by atoms with Crippen LogP contribution in [0.2, 0.25) is 0 Å². The molecule has 2 aliphatic rings. The van der Waals surface area contributed by atoms with Gasteiger partial charge in [-0.2, -0.15) is 0 Å². The number of hydrogen-bond acceptors (Lipinski definition) is 3. The van der Waals surface area contributed by atoms with Crippen LogP contribution < -0.4 is 5.32 Å². The molecule has 1 unspecified atom stereocenters. The third kappa shape index (κ3) is 5.31. The van der Waals surface area contributed by atoms with E-state index in [0.717, 1.165) is 11.1 Å². The Balaban J connectivity index is 1.36. The summed E-state index contributed by atoms with van der Waals surface area (Å²) in [7, 11) is 0. The molecule has 164 valence electrons. The van der Waals surface area contributed by atoms with Gasteiger partial charge in [0.05, 0.1) is 5.41 Å². The van der Waals surface area contributed by atoms with Crippen molar-refractivity contribution in [1.82, 2.24) is 10.2 Å². The van der Waals surface area contributed by atoms with E-state index in [1.165, 1.54) is 12.1 Å². The van der Waals surface area contributed by atoms with Gasteiger partial charge >= 0.3 is 0 Å². The number of carbonyl (C=O) groups is 2. The SMILES string of the molecule is O=C1CC(CNC(=O)C2(Cc3cccc(F)c3)CCOCC2)CN1Cc1ccccc1. The van der Waals surface area contributed by atoms with E-state index in [0.29, 0.717) is 58.5 Å². The maximum Gasteiger partial charge on any atom is 0.226 e. The van der Waals surface area contributed by atoms with E-state index < -0.39 is 5.41 Å². The summed E-state index contributed by atoms with van der Waals surface area (Å²) < 4.78 is 19.2. The topological polar surface area (TPSA) is 58.6 Å². The molecule has 2 amide bonds. The molecular formula is C25H29FN2O3. The zero-order chi connectivity index (χ0) is 21.7. The fourth-order valence-corrected chi connectivity index (χ4v) is 4.66. The van der Waals surface area contributed by atoms with E-state index in [9.17, 15) is 14.0 Å². The first kappa shape index (κ1) is 21.5. The van der Waals surface area contributed by atoms with Crippen molar-refractivity contribution in [3.05, 3.63) is 71.5 Å². The van der Waals surface area contributed by atoms with Crippen LogP contribution >= 0.6 is 0 Å². The second kappa shape index (κ2) is 9.60. The molecule has 4 rings (SSSR count). The monoisotopic (exact) mass is 424 g/mol. The van der Waals surface area contributed by atoms with Gasteiger partial charge in [0.2, 0.25) is 11.8 Å². The van der Waals surface area contributed by atoms with Crippen LogP contribution in [0.1, 0.15) is 30.4 Å². The molecule has 5 nitrogen and oxygen atoms in total. The number of rotatable bonds is 7. The van der Waals surface area contributed by atoms with Gasteiger partial charge in [0.15, 0.2) is 0 Å². The molecule has 31 heavy (non-hydrogen) atoms. The van der Waals surface area contributed by atoms with Crippen molar-refractivity contribution in [3.8, 4) is 0 Å². The number of carbonyl (C=O) groups excluding carboxylic acids is 2. The number of ether oxygens (including phenoxy) is 1. The first-order chi connectivity index (χ1) is 15.0. The van der Waals surface area contributed by atoms with Crippen molar-refractivity contribution >= 4 is 11.8 Å². The Morgan fingerprint density at radius 2 is 1.84 bits per heavy atom. The molecule has 0 radical (unpaired) electrons. The van der Waals surface area contributed by atoms with Crippen molar-refractivity contribution in [3.63, 3.8) is 0 Å². The van der Waals surface area contributed by atoms with Crippen molar-refractivity contribution in [2.45, 2.75) is 32.2 Å². The van der Waals surface area contributed by atoms with Crippen LogP contribution in [-0.2, 0) is 27.3 Å². The van der Waals surface area contributed by atoms with Gasteiger partial charge in [-0.25, -0.2) is 4.39 Å². The van der Waals surface area contributed by atoms with Crippen LogP contribution in [0.15, 0.2) is 54.6 Å². The van der Waals surface area contributed by atoms with Gasteiger partial charge in [-0.1, -0.05) is 42.5 Å². The van der Waals surface area contributed by atoms with Crippen molar-refractivity contribution in [2.75, 3.05) is 26.3 Å². The quantitative estimate of drug-likeness (QED) is 0.742. The van der Waals surface area contributed by atoms with Gasteiger partial charge in [-0.3, -0.25) is 9.59 Å². The predicted molar refractivity (Wildman–Crippen MR) is 116 cm³/mol. The van der Waals surface area contributed by atoms with Crippen LogP contribution in [-0.4, -0.2) is 43.0 Å². The second-order valence-electron chi connectivity index (χ2n) is 8.74. The minimum Gasteiger partial charge on any atom is -0.381 e. The normalized spacial score (nSPS) is 20.6. The molecule has 0 bridgehead atoms. The van der Waals surface area contributed by atoms with Crippen molar-refractivity contribution < 1.29 is 18.7 Å². The van der Waals surface area contributed by atoms with Crippen LogP contribution in [0.25, 0.3) is 0 Å². The summed E-state index contributed by atoms with van der Waals surface area (Å²) in [6, 6.07) is 16.4. The Morgan fingerprint density at radius 3 is 2.58 bits per heavy atom. The molecule has 0 aromatic heterocycles. The molecule has 2 fully saturated rings. The molecule has 2 aliphatic heterocycles. The van der Waals surface area contributed by atoms with Gasteiger partial charge in [-0.05, 0) is 42.5 Å². The zero-order valence-electron chi connectivity index (χ0n) is 17.7. The Labute approximate surface area is 182 Å². The van der Waals surface area contributed by atoms with Crippen molar-refractivity contribution in [2.24, 2.45) is 11.3 Å². The second-order valence-corrected chi connectivity index (χ2v) is 8.74. The van der Waals surface area contributed by atoms with E-state index >= 15 is 0 Å². The van der Waals surface area contributed by atoms with Crippen LogP contribution in [0.3, 0.4) is 0 Å². The largest absolute Gasteiger partial charge is 0.381 e. The molecule has 1 atom stereocenters. The number of benzene rings is 2. The summed E-state index contributed by atoms with van der Waals surface area (Å²) in [5, 5.41) is 3.11. The highest BCUT2D eigenvalue weighted by atomic mass is 19.1. The average molecular weight is 425 g/mol. The minimum atomic E-state index is -0.599. The number of hydrogen-bond donors (Lipinski definition) is 1. The maximum atomic E-state index is 13.7. The number of nitrogens with zero attached hydrogens (tertiary/aromatic N) is 1. The number of likely N-dealkylation sites (tertiary alicyclic amines) is 1. The molecule has 0 spiro atoms. The molecule has 2 heterocycles. The van der Waals surface area contributed by atoms with Crippen LogP contribution in [0.5, 0.6) is 0 Å². The molecule has 0 saturated carbocycles. The molecule has 1 N–H and O–H groups in total. The molecule has 0 aliphatic carbocycles. The summed E-state index contributed by atoms with van der Waals surface area (Å²) >= 11 is 0. The molecular weight excluding hydrogens is 395 g/mol. The van der Waals surface area contributed by atoms with Crippen molar-refractivity contribution in [1.29, 1.82) is 0 Å². The maximum absolute atomic E-state index is 13.7. The number of halogens is 1. The fourth-order valence-electron chi connectivity index (χ4n) is 4.66. The van der Waals surface area contributed by atoms with Gasteiger partial charge in [-0.15, -0.1) is 0 Å². The lowest BCUT2D eigenvalue weighted by molar-refractivity contribution is -0.137. The highest BCUT2D eigenvalue weighted by Crippen LogP contribution is 2.35. The van der Waals surface area contributed by atoms with E-state index in [1.807, 2.05) is 41.3 Å². The first-order valence-electron chi connectivity index (χ1n) is 11.0. The van der Waals surface area contributed by atoms with E-state index in [2.05, 4.69) is 5.32 Å². The minimum absolute atomic E-state index is 0.0194. The molecule has 2 aromatic rings. The Hall–Kier alpha value is -2.73. The van der Waals surface area contributed by atoms with Crippen LogP contribution in [0.4, 0.5) is 4.39 Å². The third-order valence-corrected chi connectivity index (χ3v) is 6.43. The van der Waals surface area contributed by atoms with E-state index in [1.54, 1.807) is 6.07 Å². The summed E-state index contributed by atoms with van der Waals surface area (Å²) in [6.07, 6.45) is 2.16. The van der Waals surface area contributed by atoms with Crippen LogP contribution in [0, 0.1) is 17.2 Å². The lowest BCUT2D eigenvalue weighted by Gasteiger charge is -2.36. The van der Waals surface area contributed by atoms with Gasteiger partial charge in [0.1, 0.15) is 5.82 Å². The highest BCUT2D eigenvalue weighted by Gasteiger charge is 2.40. The smallest absolute Gasteiger partial charge is 0.226 e. The lowest BCUT2D eigenvalue weighted by atomic mass is 9.74. The Bertz CT molecular complexity index is 912. The Morgan fingerprint density at radius 1 is 1.10 bits per heavy atom. The first-order valence-corrected chi connectivity index (χ1v) is 11.0. The average Bonchev–Trinajstić information content (AvgIpc) is 3.12. The summed E-state index contributed by atoms with van der Waals surface area (Å²) in [6.45, 7) is 2.77. The molecule has 6 heteroatoms.